The molecule has 0 fully saturated rings. The van der Waals surface area contributed by atoms with E-state index in [9.17, 15) is 19.7 Å². The number of rotatable bonds is 7. The van der Waals surface area contributed by atoms with E-state index >= 15 is 0 Å². The molecule has 3 heterocycles. The molecule has 0 unspecified atom stereocenters. The number of hydrogen-bond acceptors (Lipinski definition) is 8. The van der Waals surface area contributed by atoms with Crippen LogP contribution < -0.4 is 5.32 Å². The molecule has 0 saturated heterocycles. The summed E-state index contributed by atoms with van der Waals surface area (Å²) >= 11 is 1.49. The minimum Gasteiger partial charge on any atom is -0.452 e. The highest BCUT2D eigenvalue weighted by molar-refractivity contribution is 7.13. The normalized spacial score (nSPS) is 10.8. The number of nitro benzene ring substituents is 1. The molecule has 3 aromatic heterocycles. The Morgan fingerprint density at radius 2 is 2.09 bits per heavy atom. The summed E-state index contributed by atoms with van der Waals surface area (Å²) in [6.07, 6.45) is 1.55. The van der Waals surface area contributed by atoms with Crippen molar-refractivity contribution in [1.82, 2.24) is 14.8 Å². The summed E-state index contributed by atoms with van der Waals surface area (Å²) in [7, 11) is 0. The van der Waals surface area contributed by atoms with Crippen LogP contribution in [0.4, 0.5) is 11.4 Å². The second kappa shape index (κ2) is 9.17. The van der Waals surface area contributed by atoms with Gasteiger partial charge in [-0.3, -0.25) is 14.9 Å². The molecule has 0 spiro atoms. The van der Waals surface area contributed by atoms with Gasteiger partial charge in [-0.05, 0) is 37.4 Å². The van der Waals surface area contributed by atoms with Crippen molar-refractivity contribution in [2.24, 2.45) is 0 Å². The molecular formula is C22H19N5O5S. The number of anilines is 1. The average molecular weight is 465 g/mol. The number of esters is 1. The van der Waals surface area contributed by atoms with Crippen LogP contribution in [0.5, 0.6) is 0 Å². The summed E-state index contributed by atoms with van der Waals surface area (Å²) in [4.78, 5) is 41.3. The highest BCUT2D eigenvalue weighted by Crippen LogP contribution is 2.28. The molecular weight excluding hydrogens is 446 g/mol. The van der Waals surface area contributed by atoms with Crippen molar-refractivity contribution in [3.63, 3.8) is 0 Å². The van der Waals surface area contributed by atoms with Crippen LogP contribution in [0.3, 0.4) is 0 Å². The van der Waals surface area contributed by atoms with E-state index in [-0.39, 0.29) is 16.9 Å². The number of nitrogens with one attached hydrogen (secondary N) is 1. The van der Waals surface area contributed by atoms with Gasteiger partial charge in [0.2, 0.25) is 0 Å². The molecule has 0 aliphatic rings. The SMILES string of the molecule is CCn1ncc2c(C(=O)OCC(=O)Nc3cccc([N+](=O)[O-])c3C)cc(-c3cccs3)nc21. The third kappa shape index (κ3) is 4.44. The van der Waals surface area contributed by atoms with E-state index < -0.39 is 23.4 Å². The molecule has 1 aromatic carbocycles. The number of fused-ring (bicyclic) bond motifs is 1. The van der Waals surface area contributed by atoms with Crippen molar-refractivity contribution < 1.29 is 19.2 Å². The lowest BCUT2D eigenvalue weighted by molar-refractivity contribution is -0.385. The Morgan fingerprint density at radius 1 is 1.27 bits per heavy atom. The summed E-state index contributed by atoms with van der Waals surface area (Å²) < 4.78 is 6.94. The zero-order valence-electron chi connectivity index (χ0n) is 17.8. The summed E-state index contributed by atoms with van der Waals surface area (Å²) in [6.45, 7) is 3.47. The molecule has 11 heteroatoms. The van der Waals surface area contributed by atoms with Gasteiger partial charge in [-0.2, -0.15) is 5.10 Å². The molecule has 4 aromatic rings. The Hall–Kier alpha value is -4.12. The quantitative estimate of drug-likeness (QED) is 0.246. The summed E-state index contributed by atoms with van der Waals surface area (Å²) in [5.74, 6) is -1.30. The predicted molar refractivity (Wildman–Crippen MR) is 123 cm³/mol. The monoisotopic (exact) mass is 465 g/mol. The number of nitrogens with zero attached hydrogens (tertiary/aromatic N) is 4. The Kier molecular flexibility index (Phi) is 6.13. The highest BCUT2D eigenvalue weighted by atomic mass is 32.1. The van der Waals surface area contributed by atoms with Gasteiger partial charge in [0.05, 0.1) is 43.9 Å². The molecule has 0 radical (unpaired) electrons. The number of hydrogen-bond donors (Lipinski definition) is 1. The van der Waals surface area contributed by atoms with Crippen molar-refractivity contribution in [3.05, 3.63) is 69.2 Å². The van der Waals surface area contributed by atoms with Gasteiger partial charge in [0.25, 0.3) is 11.6 Å². The fourth-order valence-electron chi connectivity index (χ4n) is 3.35. The number of amides is 1. The lowest BCUT2D eigenvalue weighted by Gasteiger charge is -2.10. The van der Waals surface area contributed by atoms with Crippen molar-refractivity contribution in [1.29, 1.82) is 0 Å². The average Bonchev–Trinajstić information content (AvgIpc) is 3.48. The first-order valence-corrected chi connectivity index (χ1v) is 10.9. The van der Waals surface area contributed by atoms with E-state index in [0.29, 0.717) is 28.8 Å². The van der Waals surface area contributed by atoms with E-state index in [4.69, 9.17) is 4.74 Å². The predicted octanol–water partition coefficient (Wildman–Crippen LogP) is 4.19. The molecule has 1 amide bonds. The van der Waals surface area contributed by atoms with Crippen LogP contribution in [0.1, 0.15) is 22.8 Å². The third-order valence-electron chi connectivity index (χ3n) is 5.01. The van der Waals surface area contributed by atoms with Crippen LogP contribution in [0.15, 0.2) is 48.0 Å². The van der Waals surface area contributed by atoms with E-state index in [0.717, 1.165) is 4.88 Å². The van der Waals surface area contributed by atoms with Crippen molar-refractivity contribution in [2.45, 2.75) is 20.4 Å². The summed E-state index contributed by atoms with van der Waals surface area (Å²) in [5.41, 5.74) is 1.88. The number of nitro groups is 1. The summed E-state index contributed by atoms with van der Waals surface area (Å²) in [6, 6.07) is 9.78. The van der Waals surface area contributed by atoms with Gasteiger partial charge in [0.1, 0.15) is 0 Å². The van der Waals surface area contributed by atoms with Crippen LogP contribution in [-0.2, 0) is 16.1 Å². The van der Waals surface area contributed by atoms with Crippen LogP contribution in [0.25, 0.3) is 21.6 Å². The number of aryl methyl sites for hydroxylation is 1. The van der Waals surface area contributed by atoms with Crippen molar-refractivity contribution in [3.8, 4) is 10.6 Å². The second-order valence-corrected chi connectivity index (χ2v) is 8.01. The smallest absolute Gasteiger partial charge is 0.339 e. The van der Waals surface area contributed by atoms with E-state index in [1.807, 2.05) is 24.4 Å². The third-order valence-corrected chi connectivity index (χ3v) is 5.90. The van der Waals surface area contributed by atoms with Crippen molar-refractivity contribution in [2.75, 3.05) is 11.9 Å². The lowest BCUT2D eigenvalue weighted by atomic mass is 10.1. The second-order valence-electron chi connectivity index (χ2n) is 7.06. The first-order valence-electron chi connectivity index (χ1n) is 10.0. The fourth-order valence-corrected chi connectivity index (χ4v) is 4.04. The van der Waals surface area contributed by atoms with Crippen molar-refractivity contribution >= 4 is 45.6 Å². The van der Waals surface area contributed by atoms with Gasteiger partial charge in [0, 0.05) is 12.6 Å². The molecule has 0 atom stereocenters. The summed E-state index contributed by atoms with van der Waals surface area (Å²) in [5, 5.41) is 20.4. The van der Waals surface area contributed by atoms with Crippen LogP contribution in [0, 0.1) is 17.0 Å². The molecule has 10 nitrogen and oxygen atoms in total. The maximum absolute atomic E-state index is 12.9. The Labute approximate surface area is 192 Å². The molecule has 0 bridgehead atoms. The van der Waals surface area contributed by atoms with Gasteiger partial charge in [0.15, 0.2) is 12.3 Å². The Bertz CT molecular complexity index is 1360. The minimum atomic E-state index is -0.693. The first-order chi connectivity index (χ1) is 15.9. The Balaban J connectivity index is 1.55. The van der Waals surface area contributed by atoms with E-state index in [1.54, 1.807) is 23.0 Å². The van der Waals surface area contributed by atoms with Crippen LogP contribution in [-0.4, -0.2) is 38.2 Å². The van der Waals surface area contributed by atoms with Gasteiger partial charge < -0.3 is 10.1 Å². The number of pyridine rings is 1. The first kappa shape index (κ1) is 22.1. The number of carbonyl (C=O) groups is 2. The van der Waals surface area contributed by atoms with Gasteiger partial charge >= 0.3 is 5.97 Å². The zero-order valence-corrected chi connectivity index (χ0v) is 18.6. The molecule has 1 N–H and O–H groups in total. The maximum Gasteiger partial charge on any atom is 0.339 e. The topological polar surface area (TPSA) is 129 Å². The fraction of sp³-hybridized carbons (Fsp3) is 0.182. The van der Waals surface area contributed by atoms with Gasteiger partial charge in [-0.15, -0.1) is 11.3 Å². The highest BCUT2D eigenvalue weighted by Gasteiger charge is 2.20. The number of ether oxygens (including phenoxy) is 1. The molecule has 0 saturated carbocycles. The number of carbonyl (C=O) groups excluding carboxylic acids is 2. The van der Waals surface area contributed by atoms with Gasteiger partial charge in [-0.1, -0.05) is 12.1 Å². The standard InChI is InChI=1S/C22H19N5O5S/c1-3-26-21-15(11-23-26)14(10-17(25-21)19-8-5-9-33-19)22(29)32-12-20(28)24-16-6-4-7-18(13(16)2)27(30)31/h4-11H,3,12H2,1-2H3,(H,24,28). The lowest BCUT2D eigenvalue weighted by Crippen LogP contribution is -2.21. The minimum absolute atomic E-state index is 0.113. The Morgan fingerprint density at radius 3 is 2.79 bits per heavy atom. The van der Waals surface area contributed by atoms with E-state index in [2.05, 4.69) is 15.4 Å². The van der Waals surface area contributed by atoms with Crippen LogP contribution >= 0.6 is 11.3 Å². The largest absolute Gasteiger partial charge is 0.452 e. The van der Waals surface area contributed by atoms with E-state index in [1.165, 1.54) is 30.4 Å². The zero-order chi connectivity index (χ0) is 23.5. The molecule has 0 aliphatic heterocycles. The number of aromatic nitrogens is 3. The van der Waals surface area contributed by atoms with Gasteiger partial charge in [-0.25, -0.2) is 14.5 Å². The molecule has 0 aliphatic carbocycles. The maximum atomic E-state index is 12.9. The molecule has 168 valence electrons. The van der Waals surface area contributed by atoms with Crippen LogP contribution in [0.2, 0.25) is 0 Å². The molecule has 33 heavy (non-hydrogen) atoms. The molecule has 4 rings (SSSR count). The number of benzene rings is 1. The number of thiophene rings is 1.